The van der Waals surface area contributed by atoms with Crippen LogP contribution < -0.4 is 25.6 Å². The third-order valence-corrected chi connectivity index (χ3v) is 5.09. The molecular weight excluding hydrogens is 533 g/mol. The number of carbonyl (C=O) groups excluding carboxylic acids is 1. The second-order valence-electron chi connectivity index (χ2n) is 9.86. The fourth-order valence-corrected chi connectivity index (χ4v) is 3.59. The number of rotatable bonds is 8. The lowest BCUT2D eigenvalue weighted by Crippen LogP contribution is -2.49. The molecule has 0 radical (unpaired) electrons. The van der Waals surface area contributed by atoms with Crippen LogP contribution in [0.25, 0.3) is 0 Å². The van der Waals surface area contributed by atoms with E-state index in [1.807, 2.05) is 59.7 Å². The molecule has 1 aromatic rings. The van der Waals surface area contributed by atoms with E-state index in [4.69, 9.17) is 14.5 Å². The van der Waals surface area contributed by atoms with Crippen LogP contribution in [0.15, 0.2) is 29.3 Å². The number of hydrogen-bond acceptors (Lipinski definition) is 5. The third-order valence-electron chi connectivity index (χ3n) is 5.09. The van der Waals surface area contributed by atoms with Gasteiger partial charge in [0.15, 0.2) is 5.96 Å². The Labute approximate surface area is 216 Å². The van der Waals surface area contributed by atoms with Gasteiger partial charge in [0.25, 0.3) is 0 Å². The molecule has 0 aliphatic carbocycles. The molecule has 0 spiro atoms. The number of ether oxygens (including phenoxy) is 2. The Hall–Kier alpha value is -1.91. The number of nitrogens with one attached hydrogen (secondary N) is 3. The number of methoxy groups -OCH3 is 1. The van der Waals surface area contributed by atoms with Gasteiger partial charge in [-0.3, -0.25) is 4.99 Å². The molecular formula is C24H42IN5O3. The summed E-state index contributed by atoms with van der Waals surface area (Å²) in [7, 11) is 1.71. The highest BCUT2D eigenvalue weighted by molar-refractivity contribution is 14.0. The number of benzene rings is 1. The van der Waals surface area contributed by atoms with Crippen molar-refractivity contribution in [3.63, 3.8) is 0 Å². The minimum Gasteiger partial charge on any atom is -0.495 e. The molecule has 1 aliphatic heterocycles. The highest BCUT2D eigenvalue weighted by Gasteiger charge is 2.26. The van der Waals surface area contributed by atoms with E-state index < -0.39 is 17.2 Å². The minimum absolute atomic E-state index is 0. The number of nitrogens with zero attached hydrogens (tertiary/aromatic N) is 2. The number of para-hydroxylation sites is 2. The summed E-state index contributed by atoms with van der Waals surface area (Å²) in [4.78, 5) is 19.2. The van der Waals surface area contributed by atoms with Gasteiger partial charge in [-0.05, 0) is 66.0 Å². The van der Waals surface area contributed by atoms with Gasteiger partial charge in [-0.1, -0.05) is 12.1 Å². The average molecular weight is 576 g/mol. The van der Waals surface area contributed by atoms with Gasteiger partial charge in [0.1, 0.15) is 11.4 Å². The molecule has 9 heteroatoms. The zero-order valence-corrected chi connectivity index (χ0v) is 23.5. The first-order valence-electron chi connectivity index (χ1n) is 11.4. The normalized spacial score (nSPS) is 16.6. The average Bonchev–Trinajstić information content (AvgIpc) is 3.17. The van der Waals surface area contributed by atoms with Crippen molar-refractivity contribution in [1.29, 1.82) is 0 Å². The van der Waals surface area contributed by atoms with E-state index >= 15 is 0 Å². The number of hydrogen-bond donors (Lipinski definition) is 3. The number of amides is 1. The van der Waals surface area contributed by atoms with Crippen molar-refractivity contribution < 1.29 is 14.3 Å². The van der Waals surface area contributed by atoms with Gasteiger partial charge in [-0.2, -0.15) is 0 Å². The van der Waals surface area contributed by atoms with Gasteiger partial charge in [-0.25, -0.2) is 4.79 Å². The summed E-state index contributed by atoms with van der Waals surface area (Å²) in [5, 5.41) is 9.66. The third kappa shape index (κ3) is 10.3. The summed E-state index contributed by atoms with van der Waals surface area (Å²) in [5.74, 6) is 2.18. The number of carbonyl (C=O) groups is 1. The number of anilines is 1. The van der Waals surface area contributed by atoms with E-state index in [9.17, 15) is 4.79 Å². The molecule has 2 rings (SSSR count). The maximum atomic E-state index is 12.1. The van der Waals surface area contributed by atoms with Gasteiger partial charge in [-0.15, -0.1) is 24.0 Å². The van der Waals surface area contributed by atoms with Crippen LogP contribution in [0.2, 0.25) is 0 Å². The Bertz CT molecular complexity index is 780. The second kappa shape index (κ2) is 13.1. The molecule has 1 atom stereocenters. The van der Waals surface area contributed by atoms with E-state index in [0.29, 0.717) is 12.5 Å². The number of guanidine groups is 1. The minimum atomic E-state index is -0.529. The molecule has 3 N–H and O–H groups in total. The summed E-state index contributed by atoms with van der Waals surface area (Å²) >= 11 is 0. The van der Waals surface area contributed by atoms with E-state index in [1.54, 1.807) is 7.11 Å². The molecule has 33 heavy (non-hydrogen) atoms. The first kappa shape index (κ1) is 29.1. The van der Waals surface area contributed by atoms with Crippen molar-refractivity contribution >= 4 is 41.7 Å². The van der Waals surface area contributed by atoms with Gasteiger partial charge in [0.2, 0.25) is 0 Å². The van der Waals surface area contributed by atoms with Crippen LogP contribution in [0.5, 0.6) is 5.75 Å². The lowest BCUT2D eigenvalue weighted by molar-refractivity contribution is 0.0476. The predicted molar refractivity (Wildman–Crippen MR) is 146 cm³/mol. The Morgan fingerprint density at radius 2 is 1.88 bits per heavy atom. The van der Waals surface area contributed by atoms with E-state index in [1.165, 1.54) is 0 Å². The topological polar surface area (TPSA) is 87.2 Å². The molecule has 1 saturated heterocycles. The number of halogens is 1. The molecule has 1 heterocycles. The monoisotopic (exact) mass is 575 g/mol. The summed E-state index contributed by atoms with van der Waals surface area (Å²) in [6.07, 6.45) is 0.675. The Morgan fingerprint density at radius 1 is 1.18 bits per heavy atom. The first-order valence-corrected chi connectivity index (χ1v) is 11.4. The quantitative estimate of drug-likeness (QED) is 0.247. The zero-order valence-electron chi connectivity index (χ0n) is 21.2. The maximum absolute atomic E-state index is 12.1. The summed E-state index contributed by atoms with van der Waals surface area (Å²) in [6.45, 7) is 15.5. The fraction of sp³-hybridized carbons (Fsp3) is 0.667. The highest BCUT2D eigenvalue weighted by atomic mass is 127. The van der Waals surface area contributed by atoms with Gasteiger partial charge < -0.3 is 30.3 Å². The second-order valence-corrected chi connectivity index (χ2v) is 9.86. The first-order chi connectivity index (χ1) is 15.0. The molecule has 8 nitrogen and oxygen atoms in total. The number of alkyl carbamates (subject to hydrolysis) is 1. The van der Waals surface area contributed by atoms with Gasteiger partial charge in [0, 0.05) is 26.2 Å². The van der Waals surface area contributed by atoms with Crippen LogP contribution in [-0.4, -0.2) is 63.0 Å². The summed E-state index contributed by atoms with van der Waals surface area (Å²) in [5.41, 5.74) is 0.0883. The van der Waals surface area contributed by atoms with Crippen molar-refractivity contribution in [3.05, 3.63) is 24.3 Å². The van der Waals surface area contributed by atoms with Crippen LogP contribution in [0.3, 0.4) is 0 Å². The lowest BCUT2D eigenvalue weighted by Gasteiger charge is -2.27. The van der Waals surface area contributed by atoms with Crippen LogP contribution >= 0.6 is 24.0 Å². The molecule has 0 aromatic heterocycles. The van der Waals surface area contributed by atoms with Crippen molar-refractivity contribution in [2.75, 3.05) is 44.7 Å². The fourth-order valence-electron chi connectivity index (χ4n) is 3.59. The molecule has 1 aromatic carbocycles. The van der Waals surface area contributed by atoms with E-state index in [-0.39, 0.29) is 24.0 Å². The summed E-state index contributed by atoms with van der Waals surface area (Å²) in [6, 6.07) is 8.16. The molecule has 1 unspecified atom stereocenters. The highest BCUT2D eigenvalue weighted by Crippen LogP contribution is 2.31. The predicted octanol–water partition coefficient (Wildman–Crippen LogP) is 4.00. The smallest absolute Gasteiger partial charge is 0.408 e. The number of aliphatic imine (C=N–C) groups is 1. The Kier molecular flexibility index (Phi) is 11.6. The standard InChI is InChI=1S/C24H41N5O3.HI/c1-8-25-21(27-17-24(5,6)28-22(30)32-23(2,3)4)26-15-18-13-14-29(16-18)19-11-9-10-12-20(19)31-7;/h9-12,18H,8,13-17H2,1-7H3,(H,28,30)(H2,25,26,27);1H. The van der Waals surface area contributed by atoms with Crippen LogP contribution in [0, 0.1) is 5.92 Å². The van der Waals surface area contributed by atoms with Gasteiger partial charge in [0.05, 0.1) is 24.9 Å². The molecule has 1 amide bonds. The van der Waals surface area contributed by atoms with E-state index in [2.05, 4.69) is 26.9 Å². The molecule has 0 bridgehead atoms. The summed E-state index contributed by atoms with van der Waals surface area (Å²) < 4.78 is 10.9. The van der Waals surface area contributed by atoms with Crippen molar-refractivity contribution in [2.24, 2.45) is 10.9 Å². The SMILES string of the molecule is CCNC(=NCC(C)(C)NC(=O)OC(C)(C)C)NCC1CCN(c2ccccc2OC)C1.I. The van der Waals surface area contributed by atoms with Crippen LogP contribution in [0.1, 0.15) is 48.0 Å². The Balaban J connectivity index is 0.00000544. The zero-order chi connectivity index (χ0) is 23.8. The molecule has 188 valence electrons. The van der Waals surface area contributed by atoms with Crippen LogP contribution in [-0.2, 0) is 4.74 Å². The molecule has 1 fully saturated rings. The lowest BCUT2D eigenvalue weighted by atomic mass is 10.1. The largest absolute Gasteiger partial charge is 0.495 e. The van der Waals surface area contributed by atoms with Crippen molar-refractivity contribution in [1.82, 2.24) is 16.0 Å². The van der Waals surface area contributed by atoms with Crippen molar-refractivity contribution in [2.45, 2.75) is 59.1 Å². The maximum Gasteiger partial charge on any atom is 0.408 e. The van der Waals surface area contributed by atoms with Crippen LogP contribution in [0.4, 0.5) is 10.5 Å². The molecule has 1 aliphatic rings. The Morgan fingerprint density at radius 3 is 2.52 bits per heavy atom. The molecule has 0 saturated carbocycles. The van der Waals surface area contributed by atoms with E-state index in [0.717, 1.165) is 50.0 Å². The van der Waals surface area contributed by atoms with Gasteiger partial charge >= 0.3 is 6.09 Å². The van der Waals surface area contributed by atoms with Crippen molar-refractivity contribution in [3.8, 4) is 5.75 Å².